The Morgan fingerprint density at radius 2 is 1.06 bits per heavy atom. The van der Waals surface area contributed by atoms with E-state index in [1.54, 1.807) is 24.3 Å². The Labute approximate surface area is 305 Å². The summed E-state index contributed by atoms with van der Waals surface area (Å²) in [6.45, 7) is 3.58. The number of anilines is 3. The Morgan fingerprint density at radius 3 is 1.48 bits per heavy atom. The molecule has 0 aromatic heterocycles. The van der Waals surface area contributed by atoms with Crippen molar-refractivity contribution < 1.29 is 28.5 Å². The van der Waals surface area contributed by atoms with E-state index in [4.69, 9.17) is 18.9 Å². The van der Waals surface area contributed by atoms with E-state index in [-0.39, 0.29) is 13.0 Å². The molecule has 1 heterocycles. The first-order valence-corrected chi connectivity index (χ1v) is 17.4. The van der Waals surface area contributed by atoms with E-state index in [0.717, 1.165) is 44.9 Å². The Balaban J connectivity index is 1.39. The van der Waals surface area contributed by atoms with Gasteiger partial charge in [0, 0.05) is 44.6 Å². The molecule has 0 amide bonds. The van der Waals surface area contributed by atoms with Gasteiger partial charge in [-0.05, 0) is 90.2 Å². The van der Waals surface area contributed by atoms with Crippen LogP contribution >= 0.6 is 0 Å². The highest BCUT2D eigenvalue weighted by Crippen LogP contribution is 2.44. The molecule has 5 aromatic rings. The topological polar surface area (TPSA) is 107 Å². The van der Waals surface area contributed by atoms with Gasteiger partial charge in [0.2, 0.25) is 0 Å². The molecule has 9 nitrogen and oxygen atoms in total. The summed E-state index contributed by atoms with van der Waals surface area (Å²) in [5, 5.41) is 9.61. The van der Waals surface area contributed by atoms with E-state index in [9.17, 15) is 9.59 Å². The fraction of sp³-hybridized carbons (Fsp3) is 0.256. The van der Waals surface area contributed by atoms with E-state index >= 15 is 0 Å². The molecular weight excluding hydrogens is 654 g/mol. The van der Waals surface area contributed by atoms with Crippen LogP contribution in [-0.4, -0.2) is 58.2 Å². The Bertz CT molecular complexity index is 1860. The fourth-order valence-corrected chi connectivity index (χ4v) is 6.58. The third kappa shape index (κ3) is 7.66. The Kier molecular flexibility index (Phi) is 11.2. The summed E-state index contributed by atoms with van der Waals surface area (Å²) in [5.74, 6) is -0.968. The van der Waals surface area contributed by atoms with Crippen LogP contribution in [0.1, 0.15) is 55.0 Å². The van der Waals surface area contributed by atoms with E-state index in [1.165, 1.54) is 0 Å². The van der Waals surface area contributed by atoms with Crippen molar-refractivity contribution in [1.29, 1.82) is 0 Å². The lowest BCUT2D eigenvalue weighted by Crippen LogP contribution is -2.37. The molecule has 9 heteroatoms. The molecule has 0 bridgehead atoms. The molecule has 3 atom stereocenters. The molecule has 0 saturated carbocycles. The molecule has 1 aliphatic rings. The standard InChI is InChI=1S/C43H45N3O6/c1-28-10-6-8-12-36(28)41(47)49-27-39-38(51-42(48)37-13-9-7-11-29(37)2)26-40(50-39)52-43(30-14-20-33(44-3)21-15-30,31-16-22-34(45-4)23-17-31)32-18-24-35(46-5)25-19-32/h6-25,38-40,44-46H,26-27H2,1-5H3/t38-,39+,40-/m0/s1. The number of hydrogen-bond donors (Lipinski definition) is 3. The van der Waals surface area contributed by atoms with Crippen molar-refractivity contribution in [2.45, 2.75) is 44.4 Å². The SMILES string of the molecule is CNc1ccc(C(O[C@H]2C[C@H](OC(=O)c3ccccc3C)[C@@H](COC(=O)c3ccccc3C)O2)(c2ccc(NC)cc2)c2ccc(NC)cc2)cc1. The van der Waals surface area contributed by atoms with Gasteiger partial charge in [-0.2, -0.15) is 0 Å². The molecule has 52 heavy (non-hydrogen) atoms. The zero-order valence-corrected chi connectivity index (χ0v) is 30.1. The lowest BCUT2D eigenvalue weighted by atomic mass is 9.79. The van der Waals surface area contributed by atoms with Gasteiger partial charge >= 0.3 is 11.9 Å². The average molecular weight is 700 g/mol. The van der Waals surface area contributed by atoms with Crippen LogP contribution in [0.2, 0.25) is 0 Å². The van der Waals surface area contributed by atoms with Gasteiger partial charge in [0.1, 0.15) is 24.4 Å². The largest absolute Gasteiger partial charge is 0.459 e. The highest BCUT2D eigenvalue weighted by Gasteiger charge is 2.46. The van der Waals surface area contributed by atoms with Crippen molar-refractivity contribution in [1.82, 2.24) is 0 Å². The van der Waals surface area contributed by atoms with Crippen LogP contribution in [0.4, 0.5) is 17.1 Å². The van der Waals surface area contributed by atoms with Crippen molar-refractivity contribution >= 4 is 29.0 Å². The zero-order valence-electron chi connectivity index (χ0n) is 30.1. The molecule has 6 rings (SSSR count). The molecule has 3 N–H and O–H groups in total. The van der Waals surface area contributed by atoms with Gasteiger partial charge in [-0.25, -0.2) is 9.59 Å². The van der Waals surface area contributed by atoms with Crippen LogP contribution in [0, 0.1) is 13.8 Å². The highest BCUT2D eigenvalue weighted by atomic mass is 16.7. The Hall–Kier alpha value is -5.64. The first-order chi connectivity index (χ1) is 25.2. The third-order valence-corrected chi connectivity index (χ3v) is 9.58. The van der Waals surface area contributed by atoms with Crippen LogP contribution in [0.15, 0.2) is 121 Å². The number of nitrogens with one attached hydrogen (secondary N) is 3. The summed E-state index contributed by atoms with van der Waals surface area (Å²) >= 11 is 0. The van der Waals surface area contributed by atoms with E-state index in [2.05, 4.69) is 16.0 Å². The lowest BCUT2D eigenvalue weighted by molar-refractivity contribution is -0.186. The average Bonchev–Trinajstić information content (AvgIpc) is 3.56. The number of esters is 2. The van der Waals surface area contributed by atoms with E-state index in [0.29, 0.717) is 11.1 Å². The second kappa shape index (κ2) is 16.1. The fourth-order valence-electron chi connectivity index (χ4n) is 6.58. The minimum atomic E-state index is -1.16. The minimum absolute atomic E-state index is 0.143. The number of ether oxygens (including phenoxy) is 4. The van der Waals surface area contributed by atoms with Gasteiger partial charge in [0.15, 0.2) is 6.29 Å². The first kappa shape index (κ1) is 36.2. The maximum atomic E-state index is 13.6. The summed E-state index contributed by atoms with van der Waals surface area (Å²) in [6.07, 6.45) is -2.24. The number of rotatable bonds is 13. The second-order valence-corrected chi connectivity index (χ2v) is 12.8. The van der Waals surface area contributed by atoms with Gasteiger partial charge in [0.25, 0.3) is 0 Å². The molecular formula is C43H45N3O6. The summed E-state index contributed by atoms with van der Waals surface area (Å²) in [7, 11) is 5.63. The molecule has 0 aliphatic carbocycles. The number of carbonyl (C=O) groups excluding carboxylic acids is 2. The quantitative estimate of drug-likeness (QED) is 0.0834. The summed E-state index contributed by atoms with van der Waals surface area (Å²) < 4.78 is 25.8. The molecule has 268 valence electrons. The van der Waals surface area contributed by atoms with Gasteiger partial charge < -0.3 is 34.9 Å². The van der Waals surface area contributed by atoms with Crippen molar-refractivity contribution in [3.8, 4) is 0 Å². The number of hydrogen-bond acceptors (Lipinski definition) is 9. The van der Waals surface area contributed by atoms with Gasteiger partial charge in [-0.15, -0.1) is 0 Å². The van der Waals surface area contributed by atoms with Crippen LogP contribution in [0.5, 0.6) is 0 Å². The molecule has 0 radical (unpaired) electrons. The van der Waals surface area contributed by atoms with Crippen LogP contribution in [0.25, 0.3) is 0 Å². The van der Waals surface area contributed by atoms with Crippen LogP contribution in [-0.2, 0) is 24.5 Å². The Morgan fingerprint density at radius 1 is 0.635 bits per heavy atom. The maximum Gasteiger partial charge on any atom is 0.338 e. The normalized spacial score (nSPS) is 16.9. The molecule has 0 unspecified atom stereocenters. The number of carbonyl (C=O) groups is 2. The monoisotopic (exact) mass is 699 g/mol. The summed E-state index contributed by atoms with van der Waals surface area (Å²) in [5.41, 5.74) is 6.79. The van der Waals surface area contributed by atoms with Crippen molar-refractivity contribution in [3.63, 3.8) is 0 Å². The molecule has 5 aromatic carbocycles. The lowest BCUT2D eigenvalue weighted by Gasteiger charge is -2.38. The summed E-state index contributed by atoms with van der Waals surface area (Å²) in [4.78, 5) is 26.8. The van der Waals surface area contributed by atoms with E-state index < -0.39 is 36.0 Å². The van der Waals surface area contributed by atoms with Gasteiger partial charge in [-0.3, -0.25) is 0 Å². The number of benzene rings is 5. The molecule has 1 saturated heterocycles. The zero-order chi connectivity index (χ0) is 36.7. The van der Waals surface area contributed by atoms with Crippen molar-refractivity contribution in [2.75, 3.05) is 43.7 Å². The van der Waals surface area contributed by atoms with Crippen LogP contribution < -0.4 is 16.0 Å². The van der Waals surface area contributed by atoms with Crippen molar-refractivity contribution in [2.24, 2.45) is 0 Å². The predicted molar refractivity (Wildman–Crippen MR) is 204 cm³/mol. The highest BCUT2D eigenvalue weighted by molar-refractivity contribution is 5.91. The van der Waals surface area contributed by atoms with Gasteiger partial charge in [0.05, 0.1) is 11.1 Å². The maximum absolute atomic E-state index is 13.6. The second-order valence-electron chi connectivity index (χ2n) is 12.8. The predicted octanol–water partition coefficient (Wildman–Crippen LogP) is 7.93. The number of aryl methyl sites for hydroxylation is 2. The van der Waals surface area contributed by atoms with Crippen molar-refractivity contribution in [3.05, 3.63) is 160 Å². The molecule has 1 aliphatic heterocycles. The smallest absolute Gasteiger partial charge is 0.338 e. The third-order valence-electron chi connectivity index (χ3n) is 9.58. The summed E-state index contributed by atoms with van der Waals surface area (Å²) in [6, 6.07) is 38.8. The first-order valence-electron chi connectivity index (χ1n) is 17.4. The van der Waals surface area contributed by atoms with Crippen LogP contribution in [0.3, 0.4) is 0 Å². The minimum Gasteiger partial charge on any atom is -0.459 e. The molecule has 1 fully saturated rings. The van der Waals surface area contributed by atoms with Gasteiger partial charge in [-0.1, -0.05) is 72.8 Å². The molecule has 0 spiro atoms. The van der Waals surface area contributed by atoms with E-state index in [1.807, 2.05) is 132 Å².